The summed E-state index contributed by atoms with van der Waals surface area (Å²) in [5.41, 5.74) is 5.17. The van der Waals surface area contributed by atoms with E-state index in [0.29, 0.717) is 30.1 Å². The summed E-state index contributed by atoms with van der Waals surface area (Å²) in [5, 5.41) is 3.85. The third-order valence-corrected chi connectivity index (χ3v) is 7.81. The minimum Gasteiger partial charge on any atom is -0.335 e. The number of aryl methyl sites for hydroxylation is 2. The van der Waals surface area contributed by atoms with Gasteiger partial charge in [-0.3, -0.25) is 9.59 Å². The Morgan fingerprint density at radius 3 is 2.07 bits per heavy atom. The molecule has 2 amide bonds. The average Bonchev–Trinajstić information content (AvgIpc) is 2.66. The third-order valence-electron chi connectivity index (χ3n) is 5.60. The van der Waals surface area contributed by atoms with E-state index in [1.54, 1.807) is 4.90 Å². The molecular formula is C21H30N4O4S. The van der Waals surface area contributed by atoms with E-state index < -0.39 is 10.0 Å². The van der Waals surface area contributed by atoms with Crippen LogP contribution in [-0.2, 0) is 25.0 Å². The van der Waals surface area contributed by atoms with Crippen LogP contribution in [0.1, 0.15) is 50.3 Å². The van der Waals surface area contributed by atoms with Crippen LogP contribution in [0.25, 0.3) is 0 Å². The Kier molecular flexibility index (Phi) is 6.06. The van der Waals surface area contributed by atoms with Crippen LogP contribution in [0.3, 0.4) is 0 Å². The number of sulfonamides is 1. The molecule has 9 heteroatoms. The van der Waals surface area contributed by atoms with Gasteiger partial charge in [-0.25, -0.2) is 13.8 Å². The Labute approximate surface area is 178 Å². The highest BCUT2D eigenvalue weighted by molar-refractivity contribution is 7.89. The van der Waals surface area contributed by atoms with Crippen molar-refractivity contribution in [3.8, 4) is 0 Å². The van der Waals surface area contributed by atoms with Gasteiger partial charge in [0.2, 0.25) is 15.9 Å². The van der Waals surface area contributed by atoms with Gasteiger partial charge in [-0.2, -0.15) is 9.41 Å². The first-order valence-electron chi connectivity index (χ1n) is 10.2. The second-order valence-electron chi connectivity index (χ2n) is 8.98. The van der Waals surface area contributed by atoms with Crippen LogP contribution in [0, 0.1) is 13.8 Å². The number of amides is 2. The quantitative estimate of drug-likeness (QED) is 0.783. The van der Waals surface area contributed by atoms with Gasteiger partial charge >= 0.3 is 0 Å². The fourth-order valence-corrected chi connectivity index (χ4v) is 5.70. The van der Waals surface area contributed by atoms with Gasteiger partial charge in [0.1, 0.15) is 5.71 Å². The predicted molar refractivity (Wildman–Crippen MR) is 115 cm³/mol. The number of carbonyl (C=O) groups excluding carboxylic acids is 2. The second-order valence-corrected chi connectivity index (χ2v) is 10.9. The lowest BCUT2D eigenvalue weighted by molar-refractivity contribution is -0.125. The first-order chi connectivity index (χ1) is 13.9. The van der Waals surface area contributed by atoms with Crippen LogP contribution in [-0.4, -0.2) is 61.3 Å². The number of hydrazone groups is 1. The fourth-order valence-electron chi connectivity index (χ4n) is 3.86. The molecule has 0 aliphatic carbocycles. The number of rotatable bonds is 3. The molecule has 3 rings (SSSR count). The highest BCUT2D eigenvalue weighted by atomic mass is 32.2. The number of carbonyl (C=O) groups is 2. The van der Waals surface area contributed by atoms with Gasteiger partial charge in [-0.1, -0.05) is 32.9 Å². The van der Waals surface area contributed by atoms with Crippen molar-refractivity contribution in [2.45, 2.75) is 57.8 Å². The largest absolute Gasteiger partial charge is 0.335 e. The van der Waals surface area contributed by atoms with Crippen molar-refractivity contribution < 1.29 is 18.0 Å². The highest BCUT2D eigenvalue weighted by Crippen LogP contribution is 2.31. The zero-order valence-electron chi connectivity index (χ0n) is 18.3. The lowest BCUT2D eigenvalue weighted by Crippen LogP contribution is -2.52. The normalized spacial score (nSPS) is 18.8. The number of nitrogens with zero attached hydrogens (tertiary/aromatic N) is 3. The lowest BCUT2D eigenvalue weighted by Gasteiger charge is -2.35. The number of hydrogen-bond donors (Lipinski definition) is 1. The number of piperazine rings is 1. The maximum atomic E-state index is 13.4. The molecular weight excluding hydrogens is 404 g/mol. The van der Waals surface area contributed by atoms with Crippen molar-refractivity contribution in [3.05, 3.63) is 28.8 Å². The standard InChI is InChI=1S/C21H30N4O4S/c1-14-12-16(21(3,4)5)13-15(2)19(14)30(28,29)25-10-8-24(9-11-25)20(27)17-6-7-18(26)23-22-17/h12-13H,6-11H2,1-5H3,(H,23,26). The first kappa shape index (κ1) is 22.4. The number of hydrogen-bond acceptors (Lipinski definition) is 5. The van der Waals surface area contributed by atoms with Gasteiger partial charge in [0.05, 0.1) is 4.90 Å². The summed E-state index contributed by atoms with van der Waals surface area (Å²) in [6, 6.07) is 3.91. The van der Waals surface area contributed by atoms with Crippen molar-refractivity contribution >= 4 is 27.5 Å². The van der Waals surface area contributed by atoms with Gasteiger partial charge in [-0.05, 0) is 36.0 Å². The summed E-state index contributed by atoms with van der Waals surface area (Å²) in [6.07, 6.45) is 0.545. The van der Waals surface area contributed by atoms with Crippen molar-refractivity contribution in [3.63, 3.8) is 0 Å². The zero-order valence-corrected chi connectivity index (χ0v) is 19.1. The third kappa shape index (κ3) is 4.41. The first-order valence-corrected chi connectivity index (χ1v) is 11.6. The number of benzene rings is 1. The topological polar surface area (TPSA) is 99.2 Å². The van der Waals surface area contributed by atoms with Gasteiger partial charge in [0.25, 0.3) is 5.91 Å². The number of nitrogens with one attached hydrogen (secondary N) is 1. The molecule has 164 valence electrons. The highest BCUT2D eigenvalue weighted by Gasteiger charge is 2.34. The molecule has 1 aromatic rings. The molecule has 2 heterocycles. The minimum atomic E-state index is -3.66. The van der Waals surface area contributed by atoms with E-state index in [4.69, 9.17) is 0 Å². The summed E-state index contributed by atoms with van der Waals surface area (Å²) < 4.78 is 28.2. The van der Waals surface area contributed by atoms with Gasteiger partial charge in [0, 0.05) is 39.0 Å². The summed E-state index contributed by atoms with van der Waals surface area (Å²) >= 11 is 0. The molecule has 30 heavy (non-hydrogen) atoms. The Hall–Kier alpha value is -2.26. The molecule has 0 saturated carbocycles. The van der Waals surface area contributed by atoms with Crippen LogP contribution >= 0.6 is 0 Å². The summed E-state index contributed by atoms with van der Waals surface area (Å²) in [4.78, 5) is 25.8. The molecule has 0 spiro atoms. The molecule has 0 atom stereocenters. The Balaban J connectivity index is 1.75. The maximum Gasteiger partial charge on any atom is 0.270 e. The average molecular weight is 435 g/mol. The molecule has 2 aliphatic rings. The van der Waals surface area contributed by atoms with Crippen LogP contribution in [0.15, 0.2) is 22.1 Å². The van der Waals surface area contributed by atoms with Crippen molar-refractivity contribution in [2.24, 2.45) is 5.10 Å². The van der Waals surface area contributed by atoms with Gasteiger partial charge in [0.15, 0.2) is 0 Å². The summed E-state index contributed by atoms with van der Waals surface area (Å²) in [7, 11) is -3.66. The van der Waals surface area contributed by atoms with E-state index >= 15 is 0 Å². The molecule has 0 bridgehead atoms. The summed E-state index contributed by atoms with van der Waals surface area (Å²) in [5.74, 6) is -0.445. The molecule has 0 radical (unpaired) electrons. The van der Waals surface area contributed by atoms with Crippen LogP contribution in [0.5, 0.6) is 0 Å². The van der Waals surface area contributed by atoms with E-state index in [2.05, 4.69) is 31.3 Å². The van der Waals surface area contributed by atoms with E-state index in [0.717, 1.165) is 16.7 Å². The van der Waals surface area contributed by atoms with Gasteiger partial charge < -0.3 is 4.90 Å². The summed E-state index contributed by atoms with van der Waals surface area (Å²) in [6.45, 7) is 11.0. The van der Waals surface area contributed by atoms with Gasteiger partial charge in [-0.15, -0.1) is 0 Å². The maximum absolute atomic E-state index is 13.4. The molecule has 1 aromatic carbocycles. The molecule has 1 saturated heterocycles. The molecule has 2 aliphatic heterocycles. The SMILES string of the molecule is Cc1cc(C(C)(C)C)cc(C)c1S(=O)(=O)N1CCN(C(=O)C2=NNC(=O)CC2)CC1. The smallest absolute Gasteiger partial charge is 0.270 e. The zero-order chi connectivity index (χ0) is 22.3. The van der Waals surface area contributed by atoms with Crippen molar-refractivity contribution in [1.82, 2.24) is 14.6 Å². The molecule has 8 nitrogen and oxygen atoms in total. The van der Waals surface area contributed by atoms with Crippen LogP contribution < -0.4 is 5.43 Å². The van der Waals surface area contributed by atoms with E-state index in [-0.39, 0.29) is 36.7 Å². The monoisotopic (exact) mass is 434 g/mol. The molecule has 1 N–H and O–H groups in total. The van der Waals surface area contributed by atoms with Crippen LogP contribution in [0.2, 0.25) is 0 Å². The molecule has 1 fully saturated rings. The Morgan fingerprint density at radius 2 is 1.60 bits per heavy atom. The Bertz CT molecular complexity index is 977. The van der Waals surface area contributed by atoms with Crippen LogP contribution in [0.4, 0.5) is 0 Å². The fraction of sp³-hybridized carbons (Fsp3) is 0.571. The van der Waals surface area contributed by atoms with E-state index in [9.17, 15) is 18.0 Å². The minimum absolute atomic E-state index is 0.0644. The molecule has 0 unspecified atom stereocenters. The second kappa shape index (κ2) is 8.11. The Morgan fingerprint density at radius 1 is 1.03 bits per heavy atom. The van der Waals surface area contributed by atoms with E-state index in [1.165, 1.54) is 4.31 Å². The van der Waals surface area contributed by atoms with Crippen molar-refractivity contribution in [1.29, 1.82) is 0 Å². The molecule has 0 aromatic heterocycles. The van der Waals surface area contributed by atoms with E-state index in [1.807, 2.05) is 26.0 Å². The predicted octanol–water partition coefficient (Wildman–Crippen LogP) is 1.70. The lowest BCUT2D eigenvalue weighted by atomic mass is 9.85. The van der Waals surface area contributed by atoms with Crippen molar-refractivity contribution in [2.75, 3.05) is 26.2 Å².